The Hall–Kier alpha value is -2.53. The zero-order valence-electron chi connectivity index (χ0n) is 30.6. The molecule has 0 aromatic heterocycles. The second-order valence-corrected chi connectivity index (χ2v) is 13.8. The van der Waals surface area contributed by atoms with Crippen LogP contribution in [-0.2, 0) is 42.9 Å². The van der Waals surface area contributed by atoms with E-state index in [0.29, 0.717) is 25.7 Å². The summed E-state index contributed by atoms with van der Waals surface area (Å²) >= 11 is 0. The van der Waals surface area contributed by atoms with Crippen LogP contribution in [0, 0.1) is 0 Å². The Bertz CT molecular complexity index is 1110. The van der Waals surface area contributed by atoms with Crippen molar-refractivity contribution in [2.75, 3.05) is 39.4 Å². The van der Waals surface area contributed by atoms with Crippen LogP contribution in [0.15, 0.2) is 0 Å². The van der Waals surface area contributed by atoms with E-state index >= 15 is 0 Å². The summed E-state index contributed by atoms with van der Waals surface area (Å²) in [6.07, 6.45) is -8.96. The van der Waals surface area contributed by atoms with Crippen molar-refractivity contribution >= 4 is 29.2 Å². The van der Waals surface area contributed by atoms with Gasteiger partial charge in [-0.3, -0.25) is 28.9 Å². The molecular weight excluding hydrogens is 704 g/mol. The first-order valence-electron chi connectivity index (χ1n) is 18.2. The monoisotopic (exact) mass is 764 g/mol. The van der Waals surface area contributed by atoms with E-state index in [1.807, 2.05) is 0 Å². The lowest BCUT2D eigenvalue weighted by molar-refractivity contribution is -0.293. The Labute approximate surface area is 309 Å². The van der Waals surface area contributed by atoms with Gasteiger partial charge >= 0.3 is 0 Å². The van der Waals surface area contributed by atoms with Gasteiger partial charge in [-0.1, -0.05) is 12.8 Å². The molecule has 0 radical (unpaired) electrons. The molecule has 2 aliphatic rings. The number of Topliss-reactive ketones (excluding diaryl/α,β-unsaturated/α-hetero) is 3. The van der Waals surface area contributed by atoms with Crippen LogP contribution in [0.4, 0.5) is 0 Å². The van der Waals surface area contributed by atoms with E-state index < -0.39 is 73.4 Å². The number of aliphatic hydroxyl groups is 6. The molecule has 0 aromatic rings. The van der Waals surface area contributed by atoms with Gasteiger partial charge in [0.15, 0.2) is 12.6 Å². The number of carbonyl (C=O) groups excluding carboxylic acids is 5. The standard InChI is InChI=1S/C34H60N4O15/c1-19-26(43)28(45)30(47)33(52-19)50-13-7-10-22(40)17-38(16-21(39)9-5-3-4-6-12-25(42)37-15-24(35)32(36)49)18-23(41)11-8-14-51-34-31(48)29(46)27(44)20(2)53-34/h19-20,24,26-31,33-34,43-48H,3-18,35H2,1-2H3,(H2,36,49)(H,37,42)/t19-,20-,24+,26+,27+,28+,29+,30-,31-,33+,34+/m0/s1. The normalized spacial score (nSPS) is 29.5. The first kappa shape index (κ1) is 46.6. The second kappa shape index (κ2) is 24.1. The number of rotatable bonds is 26. The lowest BCUT2D eigenvalue weighted by atomic mass is 10.00. The fraction of sp³-hybridized carbons (Fsp3) is 0.853. The molecule has 11 atom stereocenters. The summed E-state index contributed by atoms with van der Waals surface area (Å²) in [5.41, 5.74) is 10.6. The highest BCUT2D eigenvalue weighted by molar-refractivity contribution is 5.86. The molecule has 2 rings (SSSR count). The van der Waals surface area contributed by atoms with Crippen molar-refractivity contribution in [3.63, 3.8) is 0 Å². The first-order valence-corrected chi connectivity index (χ1v) is 18.2. The predicted octanol–water partition coefficient (Wildman–Crippen LogP) is -3.49. The van der Waals surface area contributed by atoms with E-state index in [4.69, 9.17) is 30.4 Å². The van der Waals surface area contributed by atoms with Crippen LogP contribution in [0.3, 0.4) is 0 Å². The van der Waals surface area contributed by atoms with Gasteiger partial charge in [-0.15, -0.1) is 0 Å². The number of nitrogens with two attached hydrogens (primary N) is 2. The molecule has 53 heavy (non-hydrogen) atoms. The molecule has 0 saturated carbocycles. The molecule has 0 aromatic carbocycles. The highest BCUT2D eigenvalue weighted by Gasteiger charge is 2.43. The van der Waals surface area contributed by atoms with Gasteiger partial charge in [0.2, 0.25) is 11.8 Å². The third-order valence-electron chi connectivity index (χ3n) is 9.07. The Morgan fingerprint density at radius 1 is 0.623 bits per heavy atom. The zero-order chi connectivity index (χ0) is 39.7. The van der Waals surface area contributed by atoms with Gasteiger partial charge in [0.1, 0.15) is 60.0 Å². The Balaban J connectivity index is 1.80. The van der Waals surface area contributed by atoms with Gasteiger partial charge in [-0.25, -0.2) is 0 Å². The Morgan fingerprint density at radius 2 is 1.02 bits per heavy atom. The van der Waals surface area contributed by atoms with E-state index in [1.54, 1.807) is 0 Å². The van der Waals surface area contributed by atoms with Gasteiger partial charge in [-0.2, -0.15) is 0 Å². The largest absolute Gasteiger partial charge is 0.388 e. The molecule has 2 saturated heterocycles. The third kappa shape index (κ3) is 16.8. The molecule has 0 spiro atoms. The number of primary amides is 1. The number of aliphatic hydroxyl groups excluding tert-OH is 6. The van der Waals surface area contributed by atoms with Crippen LogP contribution in [0.2, 0.25) is 0 Å². The summed E-state index contributed by atoms with van der Waals surface area (Å²) in [4.78, 5) is 63.0. The van der Waals surface area contributed by atoms with Crippen LogP contribution < -0.4 is 16.8 Å². The highest BCUT2D eigenvalue weighted by atomic mass is 16.7. The molecule has 2 amide bonds. The molecule has 0 bridgehead atoms. The molecule has 2 aliphatic heterocycles. The minimum atomic E-state index is -1.48. The van der Waals surface area contributed by atoms with Crippen LogP contribution in [0.5, 0.6) is 0 Å². The fourth-order valence-electron chi connectivity index (χ4n) is 5.77. The average Bonchev–Trinajstić information content (AvgIpc) is 3.10. The van der Waals surface area contributed by atoms with E-state index in [9.17, 15) is 54.6 Å². The van der Waals surface area contributed by atoms with Crippen molar-refractivity contribution in [1.82, 2.24) is 10.2 Å². The molecule has 11 N–H and O–H groups in total. The molecule has 0 unspecified atom stereocenters. The van der Waals surface area contributed by atoms with Crippen molar-refractivity contribution in [1.29, 1.82) is 0 Å². The summed E-state index contributed by atoms with van der Waals surface area (Å²) in [6, 6.07) is -0.960. The number of nitrogens with zero attached hydrogens (tertiary/aromatic N) is 1. The van der Waals surface area contributed by atoms with Gasteiger partial charge in [-0.05, 0) is 39.5 Å². The number of amides is 2. The average molecular weight is 765 g/mol. The maximum absolute atomic E-state index is 12.9. The SMILES string of the molecule is C[C@@H]1O[C@@H](OCCCC(=O)CN(CC(=O)CCCCCCC(=O)NC[C@@H](N)C(N)=O)CC(=O)CCCO[C@@H]2O[C@@H](C)[C@@H](O)[C@@H](O)[C@@H]2O)[C@@H](O)[C@H](O)[C@@H]1O. The fourth-order valence-corrected chi connectivity index (χ4v) is 5.77. The number of unbranched alkanes of at least 4 members (excludes halogenated alkanes) is 3. The molecule has 0 aliphatic carbocycles. The first-order chi connectivity index (χ1) is 25.0. The van der Waals surface area contributed by atoms with Crippen molar-refractivity contribution < 1.29 is 73.6 Å². The van der Waals surface area contributed by atoms with Crippen LogP contribution in [-0.4, -0.2) is 172 Å². The van der Waals surface area contributed by atoms with Gasteiger partial charge in [0, 0.05) is 32.2 Å². The molecule has 19 nitrogen and oxygen atoms in total. The Morgan fingerprint density at radius 3 is 1.43 bits per heavy atom. The Kier molecular flexibility index (Phi) is 21.2. The van der Waals surface area contributed by atoms with Crippen molar-refractivity contribution in [3.05, 3.63) is 0 Å². The maximum Gasteiger partial charge on any atom is 0.236 e. The van der Waals surface area contributed by atoms with Crippen LogP contribution in [0.1, 0.15) is 78.1 Å². The van der Waals surface area contributed by atoms with Gasteiger partial charge in [0.25, 0.3) is 0 Å². The third-order valence-corrected chi connectivity index (χ3v) is 9.07. The van der Waals surface area contributed by atoms with Crippen molar-refractivity contribution in [3.8, 4) is 0 Å². The van der Waals surface area contributed by atoms with Crippen molar-refractivity contribution in [2.45, 2.75) is 146 Å². The van der Waals surface area contributed by atoms with Gasteiger partial charge < -0.3 is 66.4 Å². The molecule has 2 fully saturated rings. The summed E-state index contributed by atoms with van der Waals surface area (Å²) in [5.74, 6) is -1.68. The maximum atomic E-state index is 12.9. The van der Waals surface area contributed by atoms with E-state index in [0.717, 1.165) is 0 Å². The number of ether oxygens (including phenoxy) is 4. The number of ketones is 3. The second-order valence-electron chi connectivity index (χ2n) is 13.8. The summed E-state index contributed by atoms with van der Waals surface area (Å²) < 4.78 is 21.7. The lowest BCUT2D eigenvalue weighted by Crippen LogP contribution is -2.57. The number of hydrogen-bond donors (Lipinski definition) is 9. The molecule has 2 heterocycles. The quantitative estimate of drug-likeness (QED) is 0.0386. The minimum Gasteiger partial charge on any atom is -0.388 e. The molecular formula is C34H60N4O15. The summed E-state index contributed by atoms with van der Waals surface area (Å²) in [6.45, 7) is 2.47. The van der Waals surface area contributed by atoms with E-state index in [-0.39, 0.29) is 101 Å². The molecule has 19 heteroatoms. The number of carbonyl (C=O) groups is 5. The minimum absolute atomic E-state index is 0.00237. The zero-order valence-corrected chi connectivity index (χ0v) is 30.6. The predicted molar refractivity (Wildman–Crippen MR) is 184 cm³/mol. The lowest BCUT2D eigenvalue weighted by Gasteiger charge is -2.38. The topological polar surface area (TPSA) is 311 Å². The number of hydrogen-bond acceptors (Lipinski definition) is 17. The van der Waals surface area contributed by atoms with E-state index in [2.05, 4.69) is 5.32 Å². The van der Waals surface area contributed by atoms with E-state index in [1.165, 1.54) is 18.7 Å². The molecule has 306 valence electrons. The summed E-state index contributed by atoms with van der Waals surface area (Å²) in [7, 11) is 0. The van der Waals surface area contributed by atoms with Crippen LogP contribution >= 0.6 is 0 Å². The smallest absolute Gasteiger partial charge is 0.236 e. The highest BCUT2D eigenvalue weighted by Crippen LogP contribution is 2.23. The number of nitrogens with one attached hydrogen (secondary N) is 1. The van der Waals surface area contributed by atoms with Crippen LogP contribution in [0.25, 0.3) is 0 Å². The van der Waals surface area contributed by atoms with Crippen molar-refractivity contribution in [2.24, 2.45) is 11.5 Å². The summed E-state index contributed by atoms with van der Waals surface area (Å²) in [5, 5.41) is 62.3. The van der Waals surface area contributed by atoms with Gasteiger partial charge in [0.05, 0.1) is 45.1 Å².